The van der Waals surface area contributed by atoms with Crippen molar-refractivity contribution < 1.29 is 13.5 Å². The number of rotatable bonds is 8. The van der Waals surface area contributed by atoms with Gasteiger partial charge >= 0.3 is 0 Å². The average molecular weight is 282 g/mol. The third-order valence-corrected chi connectivity index (χ3v) is 4.35. The fourth-order valence-electron chi connectivity index (χ4n) is 1.76. The predicted molar refractivity (Wildman–Crippen MR) is 77.5 cm³/mol. The Morgan fingerprint density at radius 1 is 1.16 bits per heavy atom. The van der Waals surface area contributed by atoms with Gasteiger partial charge in [-0.1, -0.05) is 50.8 Å². The first kappa shape index (κ1) is 15.9. The summed E-state index contributed by atoms with van der Waals surface area (Å²) in [4.78, 5) is 0.254. The number of hydrogen-bond donors (Lipinski definition) is 1. The molecule has 3 nitrogen and oxygen atoms in total. The van der Waals surface area contributed by atoms with Gasteiger partial charge in [-0.05, 0) is 24.6 Å². The molecule has 0 aliphatic heterocycles. The smallest absolute Gasteiger partial charge is 0.199 e. The van der Waals surface area contributed by atoms with E-state index in [9.17, 15) is 13.5 Å². The SMILES string of the molecule is CCCCCCC(O)/C=C/S(=O)(=O)c1ccccc1. The molecule has 19 heavy (non-hydrogen) atoms. The molecule has 0 saturated carbocycles. The van der Waals surface area contributed by atoms with Crippen LogP contribution in [0.4, 0.5) is 0 Å². The molecule has 0 heterocycles. The van der Waals surface area contributed by atoms with E-state index in [0.717, 1.165) is 31.1 Å². The minimum Gasteiger partial charge on any atom is -0.389 e. The van der Waals surface area contributed by atoms with Crippen molar-refractivity contribution in [2.45, 2.75) is 50.0 Å². The minimum absolute atomic E-state index is 0.254. The normalized spacial score (nSPS) is 13.8. The molecule has 0 saturated heterocycles. The molecule has 1 atom stereocenters. The number of unbranched alkanes of at least 4 members (excludes halogenated alkanes) is 3. The molecule has 1 aromatic rings. The van der Waals surface area contributed by atoms with Crippen LogP contribution >= 0.6 is 0 Å². The van der Waals surface area contributed by atoms with E-state index < -0.39 is 15.9 Å². The van der Waals surface area contributed by atoms with Gasteiger partial charge < -0.3 is 5.11 Å². The zero-order valence-corrected chi connectivity index (χ0v) is 12.1. The van der Waals surface area contributed by atoms with E-state index in [2.05, 4.69) is 6.92 Å². The van der Waals surface area contributed by atoms with Crippen molar-refractivity contribution in [1.82, 2.24) is 0 Å². The Balaban J connectivity index is 2.51. The molecule has 0 fully saturated rings. The van der Waals surface area contributed by atoms with Gasteiger partial charge in [-0.2, -0.15) is 0 Å². The van der Waals surface area contributed by atoms with Crippen LogP contribution in [0, 0.1) is 0 Å². The van der Waals surface area contributed by atoms with Crippen LogP contribution in [0.15, 0.2) is 46.7 Å². The molecule has 1 N–H and O–H groups in total. The molecular formula is C15H22O3S. The maximum Gasteiger partial charge on any atom is 0.199 e. The number of aliphatic hydroxyl groups excluding tert-OH is 1. The fraction of sp³-hybridized carbons (Fsp3) is 0.467. The highest BCUT2D eigenvalue weighted by Crippen LogP contribution is 2.13. The van der Waals surface area contributed by atoms with Gasteiger partial charge in [0.15, 0.2) is 9.84 Å². The summed E-state index contributed by atoms with van der Waals surface area (Å²) in [6.07, 6.45) is 5.59. The zero-order chi connectivity index (χ0) is 14.1. The molecule has 0 radical (unpaired) electrons. The molecule has 0 spiro atoms. The molecule has 0 amide bonds. The van der Waals surface area contributed by atoms with E-state index in [1.165, 1.54) is 6.08 Å². The van der Waals surface area contributed by atoms with Crippen LogP contribution in [0.25, 0.3) is 0 Å². The van der Waals surface area contributed by atoms with Crippen LogP contribution < -0.4 is 0 Å². The van der Waals surface area contributed by atoms with Crippen molar-refractivity contribution in [3.8, 4) is 0 Å². The quantitative estimate of drug-likeness (QED) is 0.744. The van der Waals surface area contributed by atoms with Crippen LogP contribution in [0.3, 0.4) is 0 Å². The van der Waals surface area contributed by atoms with Crippen molar-refractivity contribution in [2.24, 2.45) is 0 Å². The number of aliphatic hydroxyl groups is 1. The zero-order valence-electron chi connectivity index (χ0n) is 11.3. The van der Waals surface area contributed by atoms with Crippen LogP contribution in [-0.4, -0.2) is 19.6 Å². The van der Waals surface area contributed by atoms with Gasteiger partial charge in [0.05, 0.1) is 11.0 Å². The molecular weight excluding hydrogens is 260 g/mol. The van der Waals surface area contributed by atoms with Crippen molar-refractivity contribution in [2.75, 3.05) is 0 Å². The minimum atomic E-state index is -3.43. The first-order valence-electron chi connectivity index (χ1n) is 6.72. The van der Waals surface area contributed by atoms with Gasteiger partial charge in [-0.25, -0.2) is 8.42 Å². The van der Waals surface area contributed by atoms with Crippen molar-refractivity contribution >= 4 is 9.84 Å². The second-order valence-electron chi connectivity index (χ2n) is 4.60. The third-order valence-electron chi connectivity index (χ3n) is 2.91. The Labute approximate surface area is 115 Å². The monoisotopic (exact) mass is 282 g/mol. The van der Waals surface area contributed by atoms with E-state index in [0.29, 0.717) is 6.42 Å². The van der Waals surface area contributed by atoms with Gasteiger partial charge in [0.25, 0.3) is 0 Å². The Kier molecular flexibility index (Phi) is 6.81. The molecule has 1 rings (SSSR count). The first-order valence-corrected chi connectivity index (χ1v) is 8.27. The standard InChI is InChI=1S/C15H22O3S/c1-2-3-4-6-9-14(16)12-13-19(17,18)15-10-7-5-8-11-15/h5,7-8,10-14,16H,2-4,6,9H2,1H3/b13-12+. The summed E-state index contributed by atoms with van der Waals surface area (Å²) >= 11 is 0. The number of hydrogen-bond acceptors (Lipinski definition) is 3. The van der Waals surface area contributed by atoms with Gasteiger partial charge in [-0.15, -0.1) is 0 Å². The summed E-state index contributed by atoms with van der Waals surface area (Å²) in [5, 5.41) is 10.8. The van der Waals surface area contributed by atoms with E-state index in [1.807, 2.05) is 0 Å². The van der Waals surface area contributed by atoms with Crippen LogP contribution in [0.5, 0.6) is 0 Å². The van der Waals surface area contributed by atoms with Gasteiger partial charge in [-0.3, -0.25) is 0 Å². The molecule has 0 aromatic heterocycles. The Bertz CT molecular complexity index is 477. The lowest BCUT2D eigenvalue weighted by molar-refractivity contribution is 0.208. The largest absolute Gasteiger partial charge is 0.389 e. The summed E-state index contributed by atoms with van der Waals surface area (Å²) in [5.74, 6) is 0. The molecule has 106 valence electrons. The summed E-state index contributed by atoms with van der Waals surface area (Å²) in [5.41, 5.74) is 0. The highest BCUT2D eigenvalue weighted by Gasteiger charge is 2.10. The molecule has 0 aliphatic rings. The predicted octanol–water partition coefficient (Wildman–Crippen LogP) is 3.31. The summed E-state index contributed by atoms with van der Waals surface area (Å²) in [7, 11) is -3.43. The lowest BCUT2D eigenvalue weighted by atomic mass is 10.1. The van der Waals surface area contributed by atoms with Gasteiger partial charge in [0.1, 0.15) is 0 Å². The van der Waals surface area contributed by atoms with E-state index >= 15 is 0 Å². The van der Waals surface area contributed by atoms with E-state index in [1.54, 1.807) is 30.3 Å². The Morgan fingerprint density at radius 3 is 2.47 bits per heavy atom. The van der Waals surface area contributed by atoms with Crippen molar-refractivity contribution in [3.05, 3.63) is 41.8 Å². The fourth-order valence-corrected chi connectivity index (χ4v) is 2.84. The second kappa shape index (κ2) is 8.12. The molecule has 0 aliphatic carbocycles. The molecule has 0 bridgehead atoms. The lowest BCUT2D eigenvalue weighted by Gasteiger charge is -2.05. The molecule has 4 heteroatoms. The maximum absolute atomic E-state index is 11.9. The van der Waals surface area contributed by atoms with Gasteiger partial charge in [0.2, 0.25) is 0 Å². The lowest BCUT2D eigenvalue weighted by Crippen LogP contribution is -2.04. The Hall–Kier alpha value is -1.13. The van der Waals surface area contributed by atoms with Gasteiger partial charge in [0, 0.05) is 5.41 Å². The highest BCUT2D eigenvalue weighted by atomic mass is 32.2. The number of benzene rings is 1. The maximum atomic E-state index is 11.9. The summed E-state index contributed by atoms with van der Waals surface area (Å²) in [6, 6.07) is 8.23. The van der Waals surface area contributed by atoms with Crippen LogP contribution in [-0.2, 0) is 9.84 Å². The first-order chi connectivity index (χ1) is 9.06. The number of sulfone groups is 1. The topological polar surface area (TPSA) is 54.4 Å². The second-order valence-corrected chi connectivity index (χ2v) is 6.44. The highest BCUT2D eigenvalue weighted by molar-refractivity contribution is 7.94. The summed E-state index contributed by atoms with van der Waals surface area (Å²) < 4.78 is 23.8. The third kappa shape index (κ3) is 6.03. The van der Waals surface area contributed by atoms with E-state index in [4.69, 9.17) is 0 Å². The van der Waals surface area contributed by atoms with Crippen molar-refractivity contribution in [1.29, 1.82) is 0 Å². The molecule has 1 unspecified atom stereocenters. The van der Waals surface area contributed by atoms with Crippen LogP contribution in [0.1, 0.15) is 39.0 Å². The van der Waals surface area contributed by atoms with Crippen LogP contribution in [0.2, 0.25) is 0 Å². The Morgan fingerprint density at radius 2 is 1.84 bits per heavy atom. The average Bonchev–Trinajstić information content (AvgIpc) is 2.42. The summed E-state index contributed by atoms with van der Waals surface area (Å²) in [6.45, 7) is 2.13. The van der Waals surface area contributed by atoms with Crippen molar-refractivity contribution in [3.63, 3.8) is 0 Å². The van der Waals surface area contributed by atoms with E-state index in [-0.39, 0.29) is 4.90 Å². The molecule has 1 aromatic carbocycles.